The number of carbonyl (C=O) groups is 1. The predicted molar refractivity (Wildman–Crippen MR) is 76.0 cm³/mol. The summed E-state index contributed by atoms with van der Waals surface area (Å²) in [6.45, 7) is 4.56. The van der Waals surface area contributed by atoms with Gasteiger partial charge in [-0.05, 0) is 26.0 Å². The van der Waals surface area contributed by atoms with Crippen LogP contribution in [0.2, 0.25) is 0 Å². The van der Waals surface area contributed by atoms with Gasteiger partial charge in [0.1, 0.15) is 0 Å². The number of amides is 1. The highest BCUT2D eigenvalue weighted by molar-refractivity contribution is 7.99. The number of hydrogen-bond acceptors (Lipinski definition) is 3. The van der Waals surface area contributed by atoms with Crippen LogP contribution in [-0.4, -0.2) is 31.4 Å². The van der Waals surface area contributed by atoms with Gasteiger partial charge in [0.2, 0.25) is 5.91 Å². The molecule has 0 aliphatic heterocycles. The molecule has 0 saturated heterocycles. The van der Waals surface area contributed by atoms with Crippen LogP contribution < -0.4 is 5.32 Å². The van der Waals surface area contributed by atoms with E-state index in [0.717, 1.165) is 5.75 Å². The average molecular weight is 267 g/mol. The minimum absolute atomic E-state index is 0.0758. The van der Waals surface area contributed by atoms with E-state index in [1.807, 2.05) is 6.92 Å². The van der Waals surface area contributed by atoms with Crippen LogP contribution in [0.25, 0.3) is 0 Å². The van der Waals surface area contributed by atoms with Gasteiger partial charge < -0.3 is 10.1 Å². The quantitative estimate of drug-likeness (QED) is 0.772. The molecule has 1 aromatic carbocycles. The van der Waals surface area contributed by atoms with E-state index in [1.54, 1.807) is 18.9 Å². The van der Waals surface area contributed by atoms with Gasteiger partial charge in [-0.15, -0.1) is 11.8 Å². The Kier molecular flexibility index (Phi) is 6.83. The van der Waals surface area contributed by atoms with Crippen molar-refractivity contribution in [2.24, 2.45) is 0 Å². The molecule has 100 valence electrons. The highest BCUT2D eigenvalue weighted by Gasteiger charge is 2.06. The van der Waals surface area contributed by atoms with Crippen LogP contribution >= 0.6 is 11.8 Å². The Balaban J connectivity index is 2.21. The van der Waals surface area contributed by atoms with E-state index in [2.05, 4.69) is 36.5 Å². The van der Waals surface area contributed by atoms with Gasteiger partial charge in [-0.1, -0.05) is 17.7 Å². The van der Waals surface area contributed by atoms with Crippen LogP contribution in [0.1, 0.15) is 18.9 Å². The Labute approximate surface area is 113 Å². The van der Waals surface area contributed by atoms with Crippen molar-refractivity contribution in [3.63, 3.8) is 0 Å². The molecule has 1 amide bonds. The van der Waals surface area contributed by atoms with Gasteiger partial charge in [0.15, 0.2) is 0 Å². The number of methoxy groups -OCH3 is 1. The Hall–Kier alpha value is -1.00. The summed E-state index contributed by atoms with van der Waals surface area (Å²) in [5.74, 6) is 0.883. The minimum atomic E-state index is 0.0758. The zero-order valence-electron chi connectivity index (χ0n) is 11.2. The summed E-state index contributed by atoms with van der Waals surface area (Å²) in [5.41, 5.74) is 1.26. The number of carbonyl (C=O) groups excluding carboxylic acids is 1. The average Bonchev–Trinajstić information content (AvgIpc) is 2.32. The molecule has 0 spiro atoms. The van der Waals surface area contributed by atoms with Gasteiger partial charge in [-0.3, -0.25) is 4.79 Å². The van der Waals surface area contributed by atoms with Gasteiger partial charge in [0.05, 0.1) is 6.61 Å². The summed E-state index contributed by atoms with van der Waals surface area (Å²) in [7, 11) is 1.63. The standard InChI is InChI=1S/C14H21NO2S/c1-11-4-6-13(7-5-11)18-9-8-14(16)15-12(2)10-17-3/h4-7,12H,8-10H2,1-3H3,(H,15,16)/t12-/m1/s1. The molecule has 0 aromatic heterocycles. The smallest absolute Gasteiger partial charge is 0.221 e. The number of nitrogens with one attached hydrogen (secondary N) is 1. The molecule has 0 bridgehead atoms. The zero-order valence-corrected chi connectivity index (χ0v) is 12.0. The van der Waals surface area contributed by atoms with E-state index in [1.165, 1.54) is 10.5 Å². The Morgan fingerprint density at radius 2 is 2.06 bits per heavy atom. The Morgan fingerprint density at radius 3 is 2.67 bits per heavy atom. The maximum absolute atomic E-state index is 11.6. The fraction of sp³-hybridized carbons (Fsp3) is 0.500. The third-order valence-corrected chi connectivity index (χ3v) is 3.46. The molecule has 0 fully saturated rings. The summed E-state index contributed by atoms with van der Waals surface area (Å²) in [6.07, 6.45) is 0.534. The summed E-state index contributed by atoms with van der Waals surface area (Å²) in [6, 6.07) is 8.43. The minimum Gasteiger partial charge on any atom is -0.383 e. The first-order valence-corrected chi connectivity index (χ1v) is 7.08. The second-order valence-corrected chi connectivity index (χ2v) is 5.50. The fourth-order valence-electron chi connectivity index (χ4n) is 1.53. The van der Waals surface area contributed by atoms with Gasteiger partial charge in [0, 0.05) is 30.2 Å². The normalized spacial score (nSPS) is 12.2. The molecular formula is C14H21NO2S. The molecule has 0 heterocycles. The second-order valence-electron chi connectivity index (χ2n) is 4.34. The highest BCUT2D eigenvalue weighted by atomic mass is 32.2. The number of ether oxygens (including phenoxy) is 1. The summed E-state index contributed by atoms with van der Waals surface area (Å²) >= 11 is 1.71. The summed E-state index contributed by atoms with van der Waals surface area (Å²) in [4.78, 5) is 12.8. The number of hydrogen-bond donors (Lipinski definition) is 1. The number of rotatable bonds is 7. The van der Waals surface area contributed by atoms with Crippen LogP contribution in [0, 0.1) is 6.92 Å². The van der Waals surface area contributed by atoms with E-state index in [9.17, 15) is 4.79 Å². The van der Waals surface area contributed by atoms with Gasteiger partial charge in [-0.2, -0.15) is 0 Å². The molecule has 1 atom stereocenters. The van der Waals surface area contributed by atoms with E-state index in [-0.39, 0.29) is 11.9 Å². The highest BCUT2D eigenvalue weighted by Crippen LogP contribution is 2.18. The van der Waals surface area contributed by atoms with Crippen molar-refractivity contribution in [3.8, 4) is 0 Å². The molecule has 1 N–H and O–H groups in total. The van der Waals surface area contributed by atoms with Crippen molar-refractivity contribution in [2.45, 2.75) is 31.2 Å². The van der Waals surface area contributed by atoms with Crippen molar-refractivity contribution in [2.75, 3.05) is 19.5 Å². The van der Waals surface area contributed by atoms with Gasteiger partial charge in [-0.25, -0.2) is 0 Å². The number of thioether (sulfide) groups is 1. The van der Waals surface area contributed by atoms with E-state index < -0.39 is 0 Å². The maximum Gasteiger partial charge on any atom is 0.221 e. The van der Waals surface area contributed by atoms with Crippen LogP contribution in [0.15, 0.2) is 29.2 Å². The molecule has 18 heavy (non-hydrogen) atoms. The SMILES string of the molecule is COC[C@@H](C)NC(=O)CCSc1ccc(C)cc1. The summed E-state index contributed by atoms with van der Waals surface area (Å²) in [5, 5.41) is 2.90. The largest absolute Gasteiger partial charge is 0.383 e. The molecule has 1 aromatic rings. The van der Waals surface area contributed by atoms with Crippen LogP contribution in [0.3, 0.4) is 0 Å². The van der Waals surface area contributed by atoms with Crippen molar-refractivity contribution >= 4 is 17.7 Å². The summed E-state index contributed by atoms with van der Waals surface area (Å²) < 4.78 is 4.97. The first kappa shape index (κ1) is 15.1. The molecule has 0 saturated carbocycles. The molecular weight excluding hydrogens is 246 g/mol. The molecule has 3 nitrogen and oxygen atoms in total. The molecule has 0 aliphatic rings. The van der Waals surface area contributed by atoms with Gasteiger partial charge >= 0.3 is 0 Å². The Bertz CT molecular complexity index is 365. The first-order valence-electron chi connectivity index (χ1n) is 6.09. The van der Waals surface area contributed by atoms with Crippen molar-refractivity contribution in [3.05, 3.63) is 29.8 Å². The lowest BCUT2D eigenvalue weighted by Gasteiger charge is -2.12. The lowest BCUT2D eigenvalue weighted by atomic mass is 10.2. The van der Waals surface area contributed by atoms with E-state index in [0.29, 0.717) is 13.0 Å². The first-order chi connectivity index (χ1) is 8.61. The van der Waals surface area contributed by atoms with Crippen molar-refractivity contribution in [1.29, 1.82) is 0 Å². The second kappa shape index (κ2) is 8.16. The fourth-order valence-corrected chi connectivity index (χ4v) is 2.39. The van der Waals surface area contributed by atoms with E-state index in [4.69, 9.17) is 4.74 Å². The van der Waals surface area contributed by atoms with Crippen molar-refractivity contribution in [1.82, 2.24) is 5.32 Å². The molecule has 1 rings (SSSR count). The zero-order chi connectivity index (χ0) is 13.4. The number of aryl methyl sites for hydroxylation is 1. The molecule has 4 heteroatoms. The third kappa shape index (κ3) is 6.07. The van der Waals surface area contributed by atoms with E-state index >= 15 is 0 Å². The molecule has 0 unspecified atom stereocenters. The lowest BCUT2D eigenvalue weighted by molar-refractivity contribution is -0.121. The topological polar surface area (TPSA) is 38.3 Å². The Morgan fingerprint density at radius 1 is 1.39 bits per heavy atom. The predicted octanol–water partition coefficient (Wildman–Crippen LogP) is 2.63. The molecule has 0 radical (unpaired) electrons. The maximum atomic E-state index is 11.6. The van der Waals surface area contributed by atoms with Crippen molar-refractivity contribution < 1.29 is 9.53 Å². The van der Waals surface area contributed by atoms with Crippen LogP contribution in [0.5, 0.6) is 0 Å². The third-order valence-electron chi connectivity index (χ3n) is 2.44. The van der Waals surface area contributed by atoms with Crippen LogP contribution in [0.4, 0.5) is 0 Å². The lowest BCUT2D eigenvalue weighted by Crippen LogP contribution is -2.35. The monoisotopic (exact) mass is 267 g/mol. The molecule has 0 aliphatic carbocycles. The number of benzene rings is 1. The van der Waals surface area contributed by atoms with Crippen LogP contribution in [-0.2, 0) is 9.53 Å². The van der Waals surface area contributed by atoms with Gasteiger partial charge in [0.25, 0.3) is 0 Å².